The Kier molecular flexibility index (Phi) is 3.94. The number of rotatable bonds is 2. The standard InChI is InChI=1S/C6H12N2/c1-4-5-8(3)6-7-2/h4-6H,1-3H3/b5-4-,7-6+. The molecule has 2 heteroatoms. The highest BCUT2D eigenvalue weighted by Gasteiger charge is 1.75. The molecular formula is C6H12N2. The molecular weight excluding hydrogens is 100 g/mol. The van der Waals surface area contributed by atoms with Crippen LogP contribution in [-0.2, 0) is 0 Å². The fraction of sp³-hybridized carbons (Fsp3) is 0.500. The maximum Gasteiger partial charge on any atom is 0.0883 e. The molecule has 0 saturated carbocycles. The highest BCUT2D eigenvalue weighted by Crippen LogP contribution is 1.76. The molecule has 0 radical (unpaired) electrons. The number of hydrogen-bond acceptors (Lipinski definition) is 1. The zero-order valence-electron chi connectivity index (χ0n) is 5.63. The summed E-state index contributed by atoms with van der Waals surface area (Å²) in [6.45, 7) is 1.97. The van der Waals surface area contributed by atoms with Gasteiger partial charge >= 0.3 is 0 Å². The van der Waals surface area contributed by atoms with E-state index in [1.165, 1.54) is 0 Å². The number of nitrogens with zero attached hydrogens (tertiary/aromatic N) is 2. The van der Waals surface area contributed by atoms with Crippen LogP contribution in [0.3, 0.4) is 0 Å². The van der Waals surface area contributed by atoms with Crippen molar-refractivity contribution in [1.29, 1.82) is 0 Å². The summed E-state index contributed by atoms with van der Waals surface area (Å²) in [4.78, 5) is 5.69. The Morgan fingerprint density at radius 3 is 2.50 bits per heavy atom. The summed E-state index contributed by atoms with van der Waals surface area (Å²) in [6.07, 6.45) is 5.65. The minimum absolute atomic E-state index is 1.75. The van der Waals surface area contributed by atoms with Crippen molar-refractivity contribution in [3.05, 3.63) is 12.3 Å². The van der Waals surface area contributed by atoms with Gasteiger partial charge in [0.25, 0.3) is 0 Å². The lowest BCUT2D eigenvalue weighted by molar-refractivity contribution is 0.707. The first-order valence-electron chi connectivity index (χ1n) is 2.58. The Bertz CT molecular complexity index is 82.7. The van der Waals surface area contributed by atoms with Crippen LogP contribution in [-0.4, -0.2) is 25.3 Å². The molecule has 0 spiro atoms. The molecule has 0 amide bonds. The summed E-state index contributed by atoms with van der Waals surface area (Å²) in [5, 5.41) is 0. The predicted molar refractivity (Wildman–Crippen MR) is 37.0 cm³/mol. The van der Waals surface area contributed by atoms with Gasteiger partial charge < -0.3 is 4.90 Å². The van der Waals surface area contributed by atoms with Gasteiger partial charge in [-0.15, -0.1) is 0 Å². The average Bonchev–Trinajstić information content (AvgIpc) is 1.68. The monoisotopic (exact) mass is 112 g/mol. The summed E-state index contributed by atoms with van der Waals surface area (Å²) in [6, 6.07) is 0. The van der Waals surface area contributed by atoms with E-state index in [9.17, 15) is 0 Å². The van der Waals surface area contributed by atoms with E-state index in [1.54, 1.807) is 13.4 Å². The minimum atomic E-state index is 1.75. The van der Waals surface area contributed by atoms with Gasteiger partial charge in [-0.25, -0.2) is 0 Å². The molecule has 0 unspecified atom stereocenters. The Balaban J connectivity index is 3.47. The van der Waals surface area contributed by atoms with Gasteiger partial charge in [-0.1, -0.05) is 6.08 Å². The molecule has 0 rings (SSSR count). The van der Waals surface area contributed by atoms with Gasteiger partial charge in [0.05, 0.1) is 6.34 Å². The van der Waals surface area contributed by atoms with Crippen LogP contribution in [0.15, 0.2) is 17.3 Å². The van der Waals surface area contributed by atoms with E-state index in [0.29, 0.717) is 0 Å². The Labute approximate surface area is 50.5 Å². The highest BCUT2D eigenvalue weighted by atomic mass is 15.1. The zero-order chi connectivity index (χ0) is 6.41. The molecule has 0 aliphatic rings. The van der Waals surface area contributed by atoms with Crippen LogP contribution in [0.5, 0.6) is 0 Å². The van der Waals surface area contributed by atoms with Crippen LogP contribution in [0, 0.1) is 0 Å². The molecule has 8 heavy (non-hydrogen) atoms. The highest BCUT2D eigenvalue weighted by molar-refractivity contribution is 5.55. The summed E-state index contributed by atoms with van der Waals surface area (Å²) in [5.41, 5.74) is 0. The Morgan fingerprint density at radius 2 is 2.12 bits per heavy atom. The smallest absolute Gasteiger partial charge is 0.0883 e. The van der Waals surface area contributed by atoms with Crippen LogP contribution in [0.25, 0.3) is 0 Å². The van der Waals surface area contributed by atoms with Gasteiger partial charge in [0.2, 0.25) is 0 Å². The molecule has 46 valence electrons. The summed E-state index contributed by atoms with van der Waals surface area (Å²) in [7, 11) is 3.69. The van der Waals surface area contributed by atoms with E-state index in [0.717, 1.165) is 0 Å². The van der Waals surface area contributed by atoms with E-state index < -0.39 is 0 Å². The third-order valence-corrected chi connectivity index (χ3v) is 0.682. The maximum atomic E-state index is 3.80. The third-order valence-electron chi connectivity index (χ3n) is 0.682. The lowest BCUT2D eigenvalue weighted by Crippen LogP contribution is -2.05. The van der Waals surface area contributed by atoms with Crippen LogP contribution < -0.4 is 0 Å². The first-order valence-corrected chi connectivity index (χ1v) is 2.58. The van der Waals surface area contributed by atoms with Crippen molar-refractivity contribution in [1.82, 2.24) is 4.90 Å². The molecule has 2 nitrogen and oxygen atoms in total. The second-order valence-corrected chi connectivity index (χ2v) is 1.52. The van der Waals surface area contributed by atoms with Gasteiger partial charge in [-0.05, 0) is 6.92 Å². The molecule has 0 bridgehead atoms. The molecule has 0 aromatic carbocycles. The fourth-order valence-electron chi connectivity index (χ4n) is 0.456. The van der Waals surface area contributed by atoms with Gasteiger partial charge in [0.1, 0.15) is 0 Å². The molecule has 0 aliphatic heterocycles. The van der Waals surface area contributed by atoms with Crippen LogP contribution in [0.4, 0.5) is 0 Å². The molecule has 0 fully saturated rings. The van der Waals surface area contributed by atoms with Crippen molar-refractivity contribution in [2.75, 3.05) is 14.1 Å². The molecule has 0 aromatic rings. The molecule has 0 saturated heterocycles. The van der Waals surface area contributed by atoms with Gasteiger partial charge in [-0.3, -0.25) is 4.99 Å². The third kappa shape index (κ3) is 3.40. The molecule has 0 aliphatic carbocycles. The number of hydrogen-bond donors (Lipinski definition) is 0. The first kappa shape index (κ1) is 7.21. The van der Waals surface area contributed by atoms with Gasteiger partial charge in [0, 0.05) is 20.3 Å². The Morgan fingerprint density at radius 1 is 1.50 bits per heavy atom. The number of allylic oxidation sites excluding steroid dienone is 1. The zero-order valence-corrected chi connectivity index (χ0v) is 5.63. The molecule has 0 heterocycles. The molecule has 0 aromatic heterocycles. The van der Waals surface area contributed by atoms with Crippen molar-refractivity contribution in [3.63, 3.8) is 0 Å². The second kappa shape index (κ2) is 4.37. The lowest BCUT2D eigenvalue weighted by atomic mass is 10.7. The first-order chi connectivity index (χ1) is 3.81. The lowest BCUT2D eigenvalue weighted by Gasteiger charge is -2.02. The topological polar surface area (TPSA) is 15.6 Å². The molecule has 0 N–H and O–H groups in total. The van der Waals surface area contributed by atoms with Gasteiger partial charge in [0.15, 0.2) is 0 Å². The fourth-order valence-corrected chi connectivity index (χ4v) is 0.456. The van der Waals surface area contributed by atoms with Crippen molar-refractivity contribution < 1.29 is 0 Å². The van der Waals surface area contributed by atoms with Crippen LogP contribution >= 0.6 is 0 Å². The maximum absolute atomic E-state index is 3.80. The van der Waals surface area contributed by atoms with Crippen LogP contribution in [0.1, 0.15) is 6.92 Å². The summed E-state index contributed by atoms with van der Waals surface area (Å²) in [5.74, 6) is 0. The van der Waals surface area contributed by atoms with E-state index in [-0.39, 0.29) is 0 Å². The van der Waals surface area contributed by atoms with E-state index in [1.807, 2.05) is 31.1 Å². The predicted octanol–water partition coefficient (Wildman–Crippen LogP) is 1.11. The quantitative estimate of drug-likeness (QED) is 0.386. The van der Waals surface area contributed by atoms with Crippen LogP contribution in [0.2, 0.25) is 0 Å². The minimum Gasteiger partial charge on any atom is -0.343 e. The second-order valence-electron chi connectivity index (χ2n) is 1.52. The normalized spacial score (nSPS) is 11.4. The largest absolute Gasteiger partial charge is 0.343 e. The SMILES string of the molecule is C/C=C\N(C)/C=N/C. The van der Waals surface area contributed by atoms with Crippen molar-refractivity contribution in [3.8, 4) is 0 Å². The van der Waals surface area contributed by atoms with E-state index in [2.05, 4.69) is 4.99 Å². The summed E-state index contributed by atoms with van der Waals surface area (Å²) < 4.78 is 0. The average molecular weight is 112 g/mol. The van der Waals surface area contributed by atoms with Crippen molar-refractivity contribution in [2.45, 2.75) is 6.92 Å². The summed E-state index contributed by atoms with van der Waals surface area (Å²) >= 11 is 0. The van der Waals surface area contributed by atoms with E-state index in [4.69, 9.17) is 0 Å². The van der Waals surface area contributed by atoms with Crippen molar-refractivity contribution >= 4 is 6.34 Å². The van der Waals surface area contributed by atoms with Gasteiger partial charge in [-0.2, -0.15) is 0 Å². The molecule has 0 atom stereocenters. The van der Waals surface area contributed by atoms with E-state index >= 15 is 0 Å². The number of aliphatic imine (C=N–C) groups is 1. The van der Waals surface area contributed by atoms with Crippen molar-refractivity contribution in [2.24, 2.45) is 4.99 Å². The Hall–Kier alpha value is -0.790.